The summed E-state index contributed by atoms with van der Waals surface area (Å²) in [5.41, 5.74) is 1.72. The monoisotopic (exact) mass is 371 g/mol. The maximum atomic E-state index is 12.4. The zero-order chi connectivity index (χ0) is 20.0. The number of aromatic nitrogens is 1. The van der Waals surface area contributed by atoms with Gasteiger partial charge in [0.2, 0.25) is 5.91 Å². The molecule has 0 aliphatic rings. The van der Waals surface area contributed by atoms with Crippen LogP contribution >= 0.6 is 0 Å². The van der Waals surface area contributed by atoms with E-state index in [9.17, 15) is 9.59 Å². The summed E-state index contributed by atoms with van der Waals surface area (Å²) in [6, 6.07) is 2.62. The van der Waals surface area contributed by atoms with Crippen molar-refractivity contribution in [2.75, 3.05) is 13.1 Å². The van der Waals surface area contributed by atoms with Crippen LogP contribution in [-0.4, -0.2) is 41.0 Å². The Bertz CT molecular complexity index is 805. The van der Waals surface area contributed by atoms with E-state index in [2.05, 4.69) is 23.6 Å². The molecule has 27 heavy (non-hydrogen) atoms. The molecule has 1 unspecified atom stereocenters. The fraction of sp³-hybridized carbons (Fsp3) is 0.350. The molecule has 0 aliphatic carbocycles. The SMILES string of the molecule is C=CCN(CC=C)C(=O)C(C)NC(=O)c1ccc(Cc2c(C)noc2C)o1. The van der Waals surface area contributed by atoms with E-state index < -0.39 is 11.9 Å². The molecule has 0 radical (unpaired) electrons. The average molecular weight is 371 g/mol. The Labute approximate surface area is 158 Å². The molecule has 1 atom stereocenters. The van der Waals surface area contributed by atoms with Gasteiger partial charge in [-0.2, -0.15) is 0 Å². The largest absolute Gasteiger partial charge is 0.456 e. The molecule has 0 bridgehead atoms. The lowest BCUT2D eigenvalue weighted by atomic mass is 10.1. The van der Waals surface area contributed by atoms with Crippen LogP contribution < -0.4 is 5.32 Å². The summed E-state index contributed by atoms with van der Waals surface area (Å²) in [6.07, 6.45) is 3.74. The number of aryl methyl sites for hydroxylation is 2. The number of nitrogens with zero attached hydrogens (tertiary/aromatic N) is 2. The molecular weight excluding hydrogens is 346 g/mol. The highest BCUT2D eigenvalue weighted by molar-refractivity contribution is 5.95. The summed E-state index contributed by atoms with van der Waals surface area (Å²) < 4.78 is 10.8. The zero-order valence-corrected chi connectivity index (χ0v) is 15.9. The molecule has 2 rings (SSSR count). The number of rotatable bonds is 9. The van der Waals surface area contributed by atoms with Crippen LogP contribution in [0.15, 0.2) is 46.4 Å². The van der Waals surface area contributed by atoms with E-state index in [0.29, 0.717) is 25.3 Å². The minimum Gasteiger partial charge on any atom is -0.456 e. The van der Waals surface area contributed by atoms with Crippen molar-refractivity contribution in [1.82, 2.24) is 15.4 Å². The second-order valence-corrected chi connectivity index (χ2v) is 6.26. The predicted octanol–water partition coefficient (Wildman–Crippen LogP) is 2.79. The maximum Gasteiger partial charge on any atom is 0.287 e. The third kappa shape index (κ3) is 4.97. The Morgan fingerprint density at radius 3 is 2.48 bits per heavy atom. The summed E-state index contributed by atoms with van der Waals surface area (Å²) in [5, 5.41) is 6.57. The Kier molecular flexibility index (Phi) is 6.76. The molecule has 144 valence electrons. The van der Waals surface area contributed by atoms with E-state index in [0.717, 1.165) is 17.0 Å². The van der Waals surface area contributed by atoms with Crippen molar-refractivity contribution in [2.24, 2.45) is 0 Å². The van der Waals surface area contributed by atoms with E-state index in [1.54, 1.807) is 36.1 Å². The second-order valence-electron chi connectivity index (χ2n) is 6.26. The van der Waals surface area contributed by atoms with Gasteiger partial charge in [-0.05, 0) is 32.9 Å². The van der Waals surface area contributed by atoms with Crippen LogP contribution in [0, 0.1) is 13.8 Å². The van der Waals surface area contributed by atoms with Gasteiger partial charge in [-0.25, -0.2) is 0 Å². The lowest BCUT2D eigenvalue weighted by Crippen LogP contribution is -2.47. The first-order chi connectivity index (χ1) is 12.9. The van der Waals surface area contributed by atoms with E-state index in [-0.39, 0.29) is 11.7 Å². The van der Waals surface area contributed by atoms with Gasteiger partial charge >= 0.3 is 0 Å². The van der Waals surface area contributed by atoms with Crippen molar-refractivity contribution in [3.05, 3.63) is 66.0 Å². The molecule has 0 aliphatic heterocycles. The number of hydrogen-bond acceptors (Lipinski definition) is 5. The van der Waals surface area contributed by atoms with Crippen LogP contribution in [0.4, 0.5) is 0 Å². The Morgan fingerprint density at radius 1 is 1.26 bits per heavy atom. The molecule has 0 saturated heterocycles. The van der Waals surface area contributed by atoms with Crippen LogP contribution in [0.2, 0.25) is 0 Å². The van der Waals surface area contributed by atoms with Gasteiger partial charge in [-0.1, -0.05) is 17.3 Å². The summed E-state index contributed by atoms with van der Waals surface area (Å²) in [6.45, 7) is 13.4. The second kappa shape index (κ2) is 9.02. The number of nitrogens with one attached hydrogen (secondary N) is 1. The lowest BCUT2D eigenvalue weighted by Gasteiger charge is -2.23. The van der Waals surface area contributed by atoms with Crippen molar-refractivity contribution in [3.63, 3.8) is 0 Å². The summed E-state index contributed by atoms with van der Waals surface area (Å²) >= 11 is 0. The molecule has 0 aromatic carbocycles. The van der Waals surface area contributed by atoms with Crippen molar-refractivity contribution in [2.45, 2.75) is 33.2 Å². The van der Waals surface area contributed by atoms with Gasteiger partial charge in [0.05, 0.1) is 5.69 Å². The summed E-state index contributed by atoms with van der Waals surface area (Å²) in [7, 11) is 0. The molecule has 0 spiro atoms. The molecule has 0 fully saturated rings. The molecule has 2 heterocycles. The fourth-order valence-electron chi connectivity index (χ4n) is 2.69. The minimum absolute atomic E-state index is 0.149. The van der Waals surface area contributed by atoms with Crippen molar-refractivity contribution >= 4 is 11.8 Å². The first-order valence-corrected chi connectivity index (χ1v) is 8.69. The van der Waals surface area contributed by atoms with Crippen LogP contribution in [0.25, 0.3) is 0 Å². The Hall–Kier alpha value is -3.09. The molecule has 2 aromatic heterocycles. The highest BCUT2D eigenvalue weighted by Crippen LogP contribution is 2.19. The third-order valence-corrected chi connectivity index (χ3v) is 4.15. The predicted molar refractivity (Wildman–Crippen MR) is 101 cm³/mol. The smallest absolute Gasteiger partial charge is 0.287 e. The quantitative estimate of drug-likeness (QED) is 0.685. The van der Waals surface area contributed by atoms with Gasteiger partial charge in [-0.3, -0.25) is 9.59 Å². The first-order valence-electron chi connectivity index (χ1n) is 8.69. The lowest BCUT2D eigenvalue weighted by molar-refractivity contribution is -0.131. The molecular formula is C20H25N3O4. The number of amides is 2. The highest BCUT2D eigenvalue weighted by atomic mass is 16.5. The molecule has 0 saturated carbocycles. The van der Waals surface area contributed by atoms with E-state index in [4.69, 9.17) is 8.94 Å². The standard InChI is InChI=1S/C20H25N3O4/c1-6-10-23(11-7-2)20(25)14(4)21-19(24)18-9-8-16(26-18)12-17-13(3)22-27-15(17)5/h6-9,14H,1-2,10-12H2,3-5H3,(H,21,24). The topological polar surface area (TPSA) is 88.6 Å². The third-order valence-electron chi connectivity index (χ3n) is 4.15. The zero-order valence-electron chi connectivity index (χ0n) is 15.9. The number of carbonyl (C=O) groups excluding carboxylic acids is 2. The normalized spacial score (nSPS) is 11.7. The molecule has 7 nitrogen and oxygen atoms in total. The summed E-state index contributed by atoms with van der Waals surface area (Å²) in [5.74, 6) is 0.825. The number of carbonyl (C=O) groups is 2. The first kappa shape index (κ1) is 20.2. The van der Waals surface area contributed by atoms with Crippen molar-refractivity contribution in [1.29, 1.82) is 0 Å². The van der Waals surface area contributed by atoms with Gasteiger partial charge in [0.15, 0.2) is 5.76 Å². The van der Waals surface area contributed by atoms with Gasteiger partial charge in [0, 0.05) is 25.1 Å². The maximum absolute atomic E-state index is 12.4. The van der Waals surface area contributed by atoms with E-state index in [1.165, 1.54) is 0 Å². The average Bonchev–Trinajstić information content (AvgIpc) is 3.23. The van der Waals surface area contributed by atoms with Gasteiger partial charge in [-0.15, -0.1) is 13.2 Å². The molecule has 1 N–H and O–H groups in total. The molecule has 7 heteroatoms. The van der Waals surface area contributed by atoms with Crippen molar-refractivity contribution < 1.29 is 18.5 Å². The van der Waals surface area contributed by atoms with E-state index >= 15 is 0 Å². The number of hydrogen-bond donors (Lipinski definition) is 1. The molecule has 2 amide bonds. The Balaban J connectivity index is 2.01. The van der Waals surface area contributed by atoms with Crippen LogP contribution in [0.5, 0.6) is 0 Å². The van der Waals surface area contributed by atoms with E-state index in [1.807, 2.05) is 13.8 Å². The van der Waals surface area contributed by atoms with Gasteiger partial charge < -0.3 is 19.2 Å². The van der Waals surface area contributed by atoms with Gasteiger partial charge in [0.25, 0.3) is 5.91 Å². The van der Waals surface area contributed by atoms with Crippen LogP contribution in [-0.2, 0) is 11.2 Å². The van der Waals surface area contributed by atoms with Gasteiger partial charge in [0.1, 0.15) is 17.6 Å². The van der Waals surface area contributed by atoms with Crippen LogP contribution in [0.1, 0.15) is 40.3 Å². The summed E-state index contributed by atoms with van der Waals surface area (Å²) in [4.78, 5) is 26.4. The van der Waals surface area contributed by atoms with Crippen molar-refractivity contribution in [3.8, 4) is 0 Å². The molecule has 2 aromatic rings. The fourth-order valence-corrected chi connectivity index (χ4v) is 2.69. The highest BCUT2D eigenvalue weighted by Gasteiger charge is 2.23. The Morgan fingerprint density at radius 2 is 1.93 bits per heavy atom. The number of furan rings is 1. The van der Waals surface area contributed by atoms with Crippen LogP contribution in [0.3, 0.4) is 0 Å². The minimum atomic E-state index is -0.700.